The number of esters is 1. The van der Waals surface area contributed by atoms with E-state index >= 15 is 0 Å². The number of halogens is 1. The highest BCUT2D eigenvalue weighted by Crippen LogP contribution is 2.25. The van der Waals surface area contributed by atoms with E-state index in [2.05, 4.69) is 0 Å². The van der Waals surface area contributed by atoms with Crippen LogP contribution in [0.15, 0.2) is 36.4 Å². The number of fused-ring (bicyclic) bond motifs is 1. The van der Waals surface area contributed by atoms with E-state index in [4.69, 9.17) is 9.47 Å². The van der Waals surface area contributed by atoms with Gasteiger partial charge in [0.05, 0.1) is 7.11 Å². The van der Waals surface area contributed by atoms with Gasteiger partial charge in [-0.3, -0.25) is 0 Å². The van der Waals surface area contributed by atoms with Crippen LogP contribution in [-0.4, -0.2) is 19.3 Å². The van der Waals surface area contributed by atoms with Crippen LogP contribution in [0.25, 0.3) is 10.8 Å². The van der Waals surface area contributed by atoms with Crippen molar-refractivity contribution in [1.82, 2.24) is 0 Å². The number of alkyl halides is 1. The molecular weight excluding hydrogens is 247 g/mol. The van der Waals surface area contributed by atoms with Gasteiger partial charge in [-0.2, -0.15) is 0 Å². The van der Waals surface area contributed by atoms with Crippen LogP contribution < -0.4 is 9.47 Å². The van der Waals surface area contributed by atoms with E-state index in [1.165, 1.54) is 0 Å². The lowest BCUT2D eigenvalue weighted by Crippen LogP contribution is -2.20. The molecule has 0 saturated carbocycles. The molecule has 0 N–H and O–H groups in total. The third-order valence-electron chi connectivity index (χ3n) is 2.85. The Hall–Kier alpha value is -2.10. The number of benzene rings is 2. The molecule has 1 unspecified atom stereocenters. The number of carbonyl (C=O) groups is 1. The van der Waals surface area contributed by atoms with Crippen molar-refractivity contribution in [3.63, 3.8) is 0 Å². The first kappa shape index (κ1) is 13.3. The topological polar surface area (TPSA) is 35.5 Å². The summed E-state index contributed by atoms with van der Waals surface area (Å²) in [7, 11) is 1.60. The fourth-order valence-corrected chi connectivity index (χ4v) is 1.74. The van der Waals surface area contributed by atoms with Crippen LogP contribution in [0.5, 0.6) is 11.5 Å². The van der Waals surface area contributed by atoms with Gasteiger partial charge in [-0.1, -0.05) is 19.1 Å². The van der Waals surface area contributed by atoms with Crippen molar-refractivity contribution < 1.29 is 18.7 Å². The van der Waals surface area contributed by atoms with Gasteiger partial charge in [-0.15, -0.1) is 0 Å². The third-order valence-corrected chi connectivity index (χ3v) is 2.85. The molecule has 0 heterocycles. The molecule has 0 amide bonds. The molecule has 0 spiro atoms. The van der Waals surface area contributed by atoms with Gasteiger partial charge < -0.3 is 9.47 Å². The predicted molar refractivity (Wildman–Crippen MR) is 71.3 cm³/mol. The normalized spacial score (nSPS) is 12.2. The summed E-state index contributed by atoms with van der Waals surface area (Å²) in [6, 6.07) is 10.7. The van der Waals surface area contributed by atoms with Gasteiger partial charge >= 0.3 is 5.97 Å². The predicted octanol–water partition coefficient (Wildman–Crippen LogP) is 3.50. The van der Waals surface area contributed by atoms with Crippen LogP contribution in [0.1, 0.15) is 13.3 Å². The molecule has 0 aliphatic heterocycles. The maximum absolute atomic E-state index is 13.1. The summed E-state index contributed by atoms with van der Waals surface area (Å²) in [5.74, 6) is 0.251. The molecule has 2 aromatic rings. The van der Waals surface area contributed by atoms with Crippen LogP contribution in [0.2, 0.25) is 0 Å². The molecule has 19 heavy (non-hydrogen) atoms. The molecule has 100 valence electrons. The maximum atomic E-state index is 13.1. The van der Waals surface area contributed by atoms with Gasteiger partial charge in [0.15, 0.2) is 6.17 Å². The van der Waals surface area contributed by atoms with Gasteiger partial charge in [-0.25, -0.2) is 9.18 Å². The van der Waals surface area contributed by atoms with E-state index in [0.717, 1.165) is 16.5 Å². The van der Waals surface area contributed by atoms with Crippen molar-refractivity contribution in [2.24, 2.45) is 0 Å². The molecule has 0 radical (unpaired) electrons. The molecule has 1 atom stereocenters. The highest BCUT2D eigenvalue weighted by molar-refractivity contribution is 5.86. The van der Waals surface area contributed by atoms with Crippen molar-refractivity contribution in [1.29, 1.82) is 0 Å². The molecule has 0 bridgehead atoms. The first-order valence-electron chi connectivity index (χ1n) is 6.07. The van der Waals surface area contributed by atoms with E-state index in [1.54, 1.807) is 32.2 Å². The lowest BCUT2D eigenvalue weighted by atomic mass is 10.1. The van der Waals surface area contributed by atoms with E-state index < -0.39 is 12.1 Å². The van der Waals surface area contributed by atoms with Gasteiger partial charge in [0.25, 0.3) is 0 Å². The molecule has 0 saturated heterocycles. The summed E-state index contributed by atoms with van der Waals surface area (Å²) in [5, 5.41) is 1.87. The fourth-order valence-electron chi connectivity index (χ4n) is 1.74. The standard InChI is InChI=1S/C15H15FO3/c1-3-14(16)15(17)19-13-7-5-10-8-12(18-2)6-4-11(10)9-13/h4-9,14H,3H2,1-2H3. The minimum atomic E-state index is -1.58. The van der Waals surface area contributed by atoms with Crippen molar-refractivity contribution in [3.05, 3.63) is 36.4 Å². The Morgan fingerprint density at radius 2 is 1.74 bits per heavy atom. The molecular formula is C15H15FO3. The molecule has 3 nitrogen and oxygen atoms in total. The number of methoxy groups -OCH3 is 1. The summed E-state index contributed by atoms with van der Waals surface area (Å²) in [5.41, 5.74) is 0. The van der Waals surface area contributed by atoms with E-state index in [0.29, 0.717) is 5.75 Å². The lowest BCUT2D eigenvalue weighted by Gasteiger charge is -2.08. The molecule has 0 aliphatic rings. The van der Waals surface area contributed by atoms with Crippen molar-refractivity contribution >= 4 is 16.7 Å². The summed E-state index contributed by atoms with van der Waals surface area (Å²) in [4.78, 5) is 11.4. The number of carbonyl (C=O) groups excluding carboxylic acids is 1. The van der Waals surface area contributed by atoms with Crippen LogP contribution in [0.3, 0.4) is 0 Å². The van der Waals surface area contributed by atoms with E-state index in [9.17, 15) is 9.18 Å². The van der Waals surface area contributed by atoms with E-state index in [-0.39, 0.29) is 6.42 Å². The molecule has 0 fully saturated rings. The van der Waals surface area contributed by atoms with E-state index in [1.807, 2.05) is 18.2 Å². The smallest absolute Gasteiger partial charge is 0.346 e. The number of hydrogen-bond donors (Lipinski definition) is 0. The first-order chi connectivity index (χ1) is 9.13. The zero-order valence-electron chi connectivity index (χ0n) is 10.9. The summed E-state index contributed by atoms with van der Waals surface area (Å²) >= 11 is 0. The molecule has 0 aromatic heterocycles. The summed E-state index contributed by atoms with van der Waals surface area (Å²) in [6.07, 6.45) is -1.46. The van der Waals surface area contributed by atoms with Crippen LogP contribution in [-0.2, 0) is 4.79 Å². The molecule has 2 rings (SSSR count). The number of hydrogen-bond acceptors (Lipinski definition) is 3. The summed E-state index contributed by atoms with van der Waals surface area (Å²) < 4.78 is 23.2. The van der Waals surface area contributed by atoms with Gasteiger partial charge in [-0.05, 0) is 41.5 Å². The maximum Gasteiger partial charge on any atom is 0.346 e. The highest BCUT2D eigenvalue weighted by atomic mass is 19.1. The largest absolute Gasteiger partial charge is 0.497 e. The molecule has 2 aromatic carbocycles. The number of rotatable bonds is 4. The van der Waals surface area contributed by atoms with Gasteiger partial charge in [0, 0.05) is 0 Å². The van der Waals surface area contributed by atoms with Gasteiger partial charge in [0.2, 0.25) is 0 Å². The quantitative estimate of drug-likeness (QED) is 0.625. The Morgan fingerprint density at radius 3 is 2.32 bits per heavy atom. The fraction of sp³-hybridized carbons (Fsp3) is 0.267. The second kappa shape index (κ2) is 5.69. The minimum Gasteiger partial charge on any atom is -0.497 e. The average Bonchev–Trinajstić information content (AvgIpc) is 2.45. The Balaban J connectivity index is 2.24. The molecule has 0 aliphatic carbocycles. The lowest BCUT2D eigenvalue weighted by molar-refractivity contribution is -0.140. The second-order valence-electron chi connectivity index (χ2n) is 4.17. The van der Waals surface area contributed by atoms with Gasteiger partial charge in [0.1, 0.15) is 11.5 Å². The Labute approximate surface area is 110 Å². The highest BCUT2D eigenvalue weighted by Gasteiger charge is 2.17. The average molecular weight is 262 g/mol. The zero-order valence-corrected chi connectivity index (χ0v) is 10.9. The first-order valence-corrected chi connectivity index (χ1v) is 6.07. The Kier molecular flexibility index (Phi) is 4.00. The Bertz CT molecular complexity index is 595. The van der Waals surface area contributed by atoms with Crippen LogP contribution >= 0.6 is 0 Å². The number of ether oxygens (including phenoxy) is 2. The third kappa shape index (κ3) is 3.02. The molecule has 4 heteroatoms. The van der Waals surface area contributed by atoms with Crippen molar-refractivity contribution in [3.8, 4) is 11.5 Å². The Morgan fingerprint density at radius 1 is 1.16 bits per heavy atom. The van der Waals surface area contributed by atoms with Crippen molar-refractivity contribution in [2.45, 2.75) is 19.5 Å². The van der Waals surface area contributed by atoms with Crippen molar-refractivity contribution in [2.75, 3.05) is 7.11 Å². The minimum absolute atomic E-state index is 0.115. The van der Waals surface area contributed by atoms with Crippen LogP contribution in [0.4, 0.5) is 4.39 Å². The summed E-state index contributed by atoms with van der Waals surface area (Å²) in [6.45, 7) is 1.60. The second-order valence-corrected chi connectivity index (χ2v) is 4.17. The monoisotopic (exact) mass is 262 g/mol. The van der Waals surface area contributed by atoms with Crippen LogP contribution in [0, 0.1) is 0 Å². The zero-order chi connectivity index (χ0) is 13.8. The SMILES string of the molecule is CCC(F)C(=O)Oc1ccc2cc(OC)ccc2c1.